The Morgan fingerprint density at radius 2 is 2.31 bits per heavy atom. The predicted molar refractivity (Wildman–Crippen MR) is 64.4 cm³/mol. The molecule has 0 spiro atoms. The van der Waals surface area contributed by atoms with Crippen LogP contribution in [-0.4, -0.2) is 21.0 Å². The van der Waals surface area contributed by atoms with Crippen LogP contribution in [0, 0.1) is 0 Å². The third kappa shape index (κ3) is 2.65. The first kappa shape index (κ1) is 11.2. The number of aliphatic carboxylic acids is 1. The lowest BCUT2D eigenvalue weighted by molar-refractivity contribution is -0.136. The largest absolute Gasteiger partial charge is 0.481 e. The Labute approximate surface area is 104 Å². The number of nitrogens with zero attached hydrogens (tertiary/aromatic N) is 2. The van der Waals surface area contributed by atoms with Gasteiger partial charge in [0.1, 0.15) is 5.01 Å². The van der Waals surface area contributed by atoms with Crippen LogP contribution in [0.1, 0.15) is 5.69 Å². The van der Waals surface area contributed by atoms with Crippen LogP contribution in [-0.2, 0) is 11.2 Å². The molecule has 2 aromatic heterocycles. The van der Waals surface area contributed by atoms with Gasteiger partial charge in [0, 0.05) is 16.0 Å². The van der Waals surface area contributed by atoms with Crippen molar-refractivity contribution in [2.24, 2.45) is 0 Å². The predicted octanol–water partition coefficient (Wildman–Crippen LogP) is 2.59. The van der Waals surface area contributed by atoms with Gasteiger partial charge < -0.3 is 5.11 Å². The van der Waals surface area contributed by atoms with Crippen LogP contribution in [0.15, 0.2) is 28.2 Å². The van der Waals surface area contributed by atoms with Crippen LogP contribution in [0.2, 0.25) is 0 Å². The zero-order valence-corrected chi connectivity index (χ0v) is 10.5. The normalized spacial score (nSPS) is 10.3. The van der Waals surface area contributed by atoms with Crippen LogP contribution in [0.3, 0.4) is 0 Å². The molecule has 6 heteroatoms. The molecule has 0 aliphatic rings. The van der Waals surface area contributed by atoms with Crippen molar-refractivity contribution in [1.82, 2.24) is 9.97 Å². The molecule has 4 nitrogen and oxygen atoms in total. The molecule has 0 aliphatic carbocycles. The number of carbonyl (C=O) groups is 1. The minimum atomic E-state index is -0.874. The average molecular weight is 299 g/mol. The van der Waals surface area contributed by atoms with Gasteiger partial charge in [0.2, 0.25) is 0 Å². The summed E-state index contributed by atoms with van der Waals surface area (Å²) in [6.45, 7) is 0. The van der Waals surface area contributed by atoms with E-state index < -0.39 is 5.97 Å². The maximum absolute atomic E-state index is 10.5. The van der Waals surface area contributed by atoms with Crippen molar-refractivity contribution < 1.29 is 9.90 Å². The van der Waals surface area contributed by atoms with Crippen LogP contribution < -0.4 is 0 Å². The molecule has 0 unspecified atom stereocenters. The van der Waals surface area contributed by atoms with Gasteiger partial charge in [-0.15, -0.1) is 11.3 Å². The number of thiazole rings is 1. The Kier molecular flexibility index (Phi) is 3.31. The van der Waals surface area contributed by atoms with E-state index in [1.54, 1.807) is 11.6 Å². The maximum Gasteiger partial charge on any atom is 0.309 e. The van der Waals surface area contributed by atoms with Gasteiger partial charge in [0.15, 0.2) is 0 Å². The second-order valence-corrected chi connectivity index (χ2v) is 4.85. The number of halogens is 1. The second kappa shape index (κ2) is 4.71. The molecule has 82 valence electrons. The van der Waals surface area contributed by atoms with Crippen LogP contribution in [0.25, 0.3) is 10.7 Å². The lowest BCUT2D eigenvalue weighted by Crippen LogP contribution is -1.99. The molecule has 2 heterocycles. The van der Waals surface area contributed by atoms with E-state index in [1.165, 1.54) is 11.3 Å². The van der Waals surface area contributed by atoms with Crippen LogP contribution >= 0.6 is 27.3 Å². The van der Waals surface area contributed by atoms with E-state index in [0.717, 1.165) is 15.2 Å². The minimum Gasteiger partial charge on any atom is -0.481 e. The Morgan fingerprint density at radius 3 is 2.94 bits per heavy atom. The molecule has 0 amide bonds. The van der Waals surface area contributed by atoms with Gasteiger partial charge in [-0.2, -0.15) is 0 Å². The number of pyridine rings is 1. The van der Waals surface area contributed by atoms with E-state index in [0.29, 0.717) is 5.69 Å². The second-order valence-electron chi connectivity index (χ2n) is 3.08. The molecule has 0 fully saturated rings. The zero-order chi connectivity index (χ0) is 11.5. The highest BCUT2D eigenvalue weighted by Crippen LogP contribution is 2.23. The van der Waals surface area contributed by atoms with Crippen molar-refractivity contribution in [3.63, 3.8) is 0 Å². The topological polar surface area (TPSA) is 63.1 Å². The van der Waals surface area contributed by atoms with E-state index in [9.17, 15) is 4.79 Å². The van der Waals surface area contributed by atoms with E-state index in [4.69, 9.17) is 5.11 Å². The van der Waals surface area contributed by atoms with Gasteiger partial charge in [0.05, 0.1) is 17.8 Å². The molecule has 16 heavy (non-hydrogen) atoms. The molecule has 0 radical (unpaired) electrons. The Hall–Kier alpha value is -1.27. The SMILES string of the molecule is O=C(O)Cc1csc(-c2ccc(Br)cn2)n1. The molecular formula is C10H7BrN2O2S. The number of carboxylic acid groups (broad SMARTS) is 1. The highest BCUT2D eigenvalue weighted by Gasteiger charge is 2.08. The van der Waals surface area contributed by atoms with E-state index in [1.807, 2.05) is 12.1 Å². The van der Waals surface area contributed by atoms with Gasteiger partial charge in [0.25, 0.3) is 0 Å². The van der Waals surface area contributed by atoms with Gasteiger partial charge in [-0.05, 0) is 28.1 Å². The van der Waals surface area contributed by atoms with Crippen molar-refractivity contribution in [2.45, 2.75) is 6.42 Å². The monoisotopic (exact) mass is 298 g/mol. The van der Waals surface area contributed by atoms with Gasteiger partial charge in [-0.25, -0.2) is 4.98 Å². The Balaban J connectivity index is 2.24. The first-order valence-electron chi connectivity index (χ1n) is 4.43. The Bertz CT molecular complexity index is 510. The summed E-state index contributed by atoms with van der Waals surface area (Å²) in [6.07, 6.45) is 1.64. The van der Waals surface area contributed by atoms with E-state index in [2.05, 4.69) is 25.9 Å². The first-order chi connectivity index (χ1) is 7.65. The van der Waals surface area contributed by atoms with Gasteiger partial charge in [-0.1, -0.05) is 0 Å². The average Bonchev–Trinajstić information content (AvgIpc) is 2.66. The first-order valence-corrected chi connectivity index (χ1v) is 6.10. The van der Waals surface area contributed by atoms with Gasteiger partial charge >= 0.3 is 5.97 Å². The van der Waals surface area contributed by atoms with Crippen LogP contribution in [0.4, 0.5) is 0 Å². The van der Waals surface area contributed by atoms with Crippen molar-refractivity contribution in [3.05, 3.63) is 33.9 Å². The Morgan fingerprint density at radius 1 is 1.50 bits per heavy atom. The van der Waals surface area contributed by atoms with Crippen molar-refractivity contribution in [2.75, 3.05) is 0 Å². The summed E-state index contributed by atoms with van der Waals surface area (Å²) >= 11 is 4.70. The number of aromatic nitrogens is 2. The summed E-state index contributed by atoms with van der Waals surface area (Å²) in [5.41, 5.74) is 1.32. The van der Waals surface area contributed by atoms with E-state index in [-0.39, 0.29) is 6.42 Å². The molecule has 2 rings (SSSR count). The number of hydrogen-bond donors (Lipinski definition) is 1. The fourth-order valence-corrected chi connectivity index (χ4v) is 2.19. The maximum atomic E-state index is 10.5. The molecule has 0 aliphatic heterocycles. The number of hydrogen-bond acceptors (Lipinski definition) is 4. The summed E-state index contributed by atoms with van der Waals surface area (Å²) in [7, 11) is 0. The van der Waals surface area contributed by atoms with Crippen LogP contribution in [0.5, 0.6) is 0 Å². The fourth-order valence-electron chi connectivity index (χ4n) is 1.16. The highest BCUT2D eigenvalue weighted by atomic mass is 79.9. The summed E-state index contributed by atoms with van der Waals surface area (Å²) < 4.78 is 0.901. The van der Waals surface area contributed by atoms with Crippen molar-refractivity contribution in [1.29, 1.82) is 0 Å². The van der Waals surface area contributed by atoms with Crippen molar-refractivity contribution in [3.8, 4) is 10.7 Å². The summed E-state index contributed by atoms with van der Waals surface area (Å²) in [5, 5.41) is 11.1. The van der Waals surface area contributed by atoms with E-state index >= 15 is 0 Å². The summed E-state index contributed by atoms with van der Waals surface area (Å²) in [4.78, 5) is 18.9. The molecule has 0 saturated heterocycles. The standard InChI is InChI=1S/C10H7BrN2O2S/c11-6-1-2-8(12-4-6)10-13-7(5-16-10)3-9(14)15/h1-2,4-5H,3H2,(H,14,15). The third-order valence-corrected chi connectivity index (χ3v) is 3.21. The number of rotatable bonds is 3. The molecule has 0 atom stereocenters. The quantitative estimate of drug-likeness (QED) is 0.946. The lowest BCUT2D eigenvalue weighted by atomic mass is 10.3. The molecule has 0 bridgehead atoms. The summed E-state index contributed by atoms with van der Waals surface area (Å²) in [6, 6.07) is 3.72. The molecule has 0 saturated carbocycles. The molecular weight excluding hydrogens is 292 g/mol. The molecule has 0 aromatic carbocycles. The zero-order valence-electron chi connectivity index (χ0n) is 8.05. The van der Waals surface area contributed by atoms with Gasteiger partial charge in [-0.3, -0.25) is 9.78 Å². The number of carboxylic acids is 1. The minimum absolute atomic E-state index is 0.0486. The smallest absolute Gasteiger partial charge is 0.309 e. The lowest BCUT2D eigenvalue weighted by Gasteiger charge is -1.94. The third-order valence-electron chi connectivity index (χ3n) is 1.83. The summed E-state index contributed by atoms with van der Waals surface area (Å²) in [5.74, 6) is -0.874. The highest BCUT2D eigenvalue weighted by molar-refractivity contribution is 9.10. The van der Waals surface area contributed by atoms with Crippen molar-refractivity contribution >= 4 is 33.2 Å². The molecule has 1 N–H and O–H groups in total. The fraction of sp³-hybridized carbons (Fsp3) is 0.100. The molecule has 2 aromatic rings.